The molecule has 1 aromatic carbocycles. The summed E-state index contributed by atoms with van der Waals surface area (Å²) in [4.78, 5) is 10.6. The highest BCUT2D eigenvalue weighted by atomic mass is 32.2. The van der Waals surface area contributed by atoms with E-state index in [0.29, 0.717) is 12.2 Å². The number of halogens is 3. The van der Waals surface area contributed by atoms with Crippen LogP contribution in [0.1, 0.15) is 18.9 Å². The molecule has 0 atom stereocenters. The van der Waals surface area contributed by atoms with E-state index in [4.69, 9.17) is 0 Å². The van der Waals surface area contributed by atoms with Gasteiger partial charge in [0.05, 0.1) is 0 Å². The number of rotatable bonds is 4. The molecular weight excluding hydrogens is 249 g/mol. The molecule has 1 nitrogen and oxygen atoms in total. The maximum absolute atomic E-state index is 13.2. The van der Waals surface area contributed by atoms with Crippen LogP contribution < -0.4 is 0 Å². The first-order chi connectivity index (χ1) is 8.02. The molecule has 0 unspecified atom stereocenters. The summed E-state index contributed by atoms with van der Waals surface area (Å²) in [5.41, 5.74) is -0.391. The van der Waals surface area contributed by atoms with Crippen molar-refractivity contribution >= 4 is 23.0 Å². The van der Waals surface area contributed by atoms with Gasteiger partial charge in [-0.3, -0.25) is 4.79 Å². The minimum absolute atomic E-state index is 0.0125. The third kappa shape index (κ3) is 4.26. The van der Waals surface area contributed by atoms with Gasteiger partial charge < -0.3 is 0 Å². The van der Waals surface area contributed by atoms with E-state index >= 15 is 0 Å². The molecule has 0 amide bonds. The molecule has 0 aliphatic carbocycles. The van der Waals surface area contributed by atoms with Crippen LogP contribution in [0.25, 0.3) is 6.08 Å². The topological polar surface area (TPSA) is 17.1 Å². The molecule has 1 rings (SSSR count). The van der Waals surface area contributed by atoms with Crippen LogP contribution in [0.2, 0.25) is 0 Å². The van der Waals surface area contributed by atoms with Gasteiger partial charge in [-0.1, -0.05) is 23.9 Å². The molecule has 0 radical (unpaired) electrons. The van der Waals surface area contributed by atoms with E-state index in [1.165, 1.54) is 19.1 Å². The predicted octanol–water partition coefficient (Wildman–Crippen LogP) is 3.79. The number of carbonyl (C=O) groups excluding carboxylic acids is 1. The van der Waals surface area contributed by atoms with Gasteiger partial charge in [-0.05, 0) is 18.6 Å². The Morgan fingerprint density at radius 2 is 1.94 bits per heavy atom. The second kappa shape index (κ2) is 6.49. The van der Waals surface area contributed by atoms with Crippen molar-refractivity contribution in [2.24, 2.45) is 0 Å². The first kappa shape index (κ1) is 13.8. The van der Waals surface area contributed by atoms with E-state index in [1.807, 2.05) is 0 Å². The van der Waals surface area contributed by atoms with Gasteiger partial charge in [-0.25, -0.2) is 13.2 Å². The lowest BCUT2D eigenvalue weighted by atomic mass is 10.1. The van der Waals surface area contributed by atoms with Crippen molar-refractivity contribution in [2.45, 2.75) is 13.3 Å². The zero-order valence-corrected chi connectivity index (χ0v) is 9.99. The molecule has 0 N–H and O–H groups in total. The average Bonchev–Trinajstić information content (AvgIpc) is 2.27. The second-order valence-electron chi connectivity index (χ2n) is 3.29. The van der Waals surface area contributed by atoms with Crippen LogP contribution in [0.3, 0.4) is 0 Å². The van der Waals surface area contributed by atoms with Gasteiger partial charge in [0, 0.05) is 18.2 Å². The number of carbonyl (C=O) groups is 1. The largest absolute Gasteiger partial charge is 0.288 e. The normalized spacial score (nSPS) is 11.1. The number of thioether (sulfide) groups is 1. The predicted molar refractivity (Wildman–Crippen MR) is 63.1 cm³/mol. The van der Waals surface area contributed by atoms with Crippen molar-refractivity contribution in [3.8, 4) is 0 Å². The Balaban J connectivity index is 2.65. The molecular formula is C12H11F3OS. The molecule has 0 aliphatic rings. The van der Waals surface area contributed by atoms with E-state index < -0.39 is 23.0 Å². The maximum atomic E-state index is 13.2. The monoisotopic (exact) mass is 260 g/mol. The lowest BCUT2D eigenvalue weighted by molar-refractivity contribution is -0.109. The SMILES string of the molecule is CC(=O)SCCC=Cc1c(F)ccc(F)c1F. The lowest BCUT2D eigenvalue weighted by Crippen LogP contribution is -1.93. The Kier molecular flexibility index (Phi) is 5.28. The van der Waals surface area contributed by atoms with Crippen LogP contribution in [-0.4, -0.2) is 10.9 Å². The van der Waals surface area contributed by atoms with Crippen molar-refractivity contribution in [1.29, 1.82) is 0 Å². The van der Waals surface area contributed by atoms with Gasteiger partial charge in [0.25, 0.3) is 0 Å². The summed E-state index contributed by atoms with van der Waals surface area (Å²) >= 11 is 1.13. The maximum Gasteiger partial charge on any atom is 0.185 e. The Hall–Kier alpha value is -1.23. The first-order valence-electron chi connectivity index (χ1n) is 4.95. The molecule has 92 valence electrons. The first-order valence-corrected chi connectivity index (χ1v) is 5.94. The molecule has 0 fully saturated rings. The Bertz CT molecular complexity index is 444. The van der Waals surface area contributed by atoms with Gasteiger partial charge in [0.2, 0.25) is 0 Å². The van der Waals surface area contributed by atoms with Crippen molar-refractivity contribution in [1.82, 2.24) is 0 Å². The molecule has 0 aliphatic heterocycles. The highest BCUT2D eigenvalue weighted by Gasteiger charge is 2.10. The number of allylic oxidation sites excluding steroid dienone is 1. The smallest absolute Gasteiger partial charge is 0.185 e. The fourth-order valence-electron chi connectivity index (χ4n) is 1.17. The van der Waals surface area contributed by atoms with Crippen molar-refractivity contribution in [3.05, 3.63) is 41.2 Å². The fourth-order valence-corrected chi connectivity index (χ4v) is 1.71. The molecule has 0 heterocycles. The summed E-state index contributed by atoms with van der Waals surface area (Å²) < 4.78 is 39.1. The lowest BCUT2D eigenvalue weighted by Gasteiger charge is -2.00. The fraction of sp³-hybridized carbons (Fsp3) is 0.250. The average molecular weight is 260 g/mol. The van der Waals surface area contributed by atoms with Crippen LogP contribution in [0.15, 0.2) is 18.2 Å². The van der Waals surface area contributed by atoms with Crippen LogP contribution in [0, 0.1) is 17.5 Å². The van der Waals surface area contributed by atoms with Crippen molar-refractivity contribution in [2.75, 3.05) is 5.75 Å². The minimum Gasteiger partial charge on any atom is -0.288 e. The van der Waals surface area contributed by atoms with E-state index in [1.54, 1.807) is 0 Å². The third-order valence-corrected chi connectivity index (χ3v) is 2.80. The van der Waals surface area contributed by atoms with E-state index in [-0.39, 0.29) is 5.12 Å². The molecule has 0 bridgehead atoms. The summed E-state index contributed by atoms with van der Waals surface area (Å²) in [5.74, 6) is -2.55. The van der Waals surface area contributed by atoms with Crippen molar-refractivity contribution in [3.63, 3.8) is 0 Å². The number of benzene rings is 1. The zero-order chi connectivity index (χ0) is 12.8. The highest BCUT2D eigenvalue weighted by molar-refractivity contribution is 8.13. The molecule has 0 saturated heterocycles. The molecule has 0 aromatic heterocycles. The summed E-state index contributed by atoms with van der Waals surface area (Å²) in [6, 6.07) is 1.62. The van der Waals surface area contributed by atoms with Crippen LogP contribution in [0.5, 0.6) is 0 Å². The Morgan fingerprint density at radius 3 is 2.59 bits per heavy atom. The number of hydrogen-bond donors (Lipinski definition) is 0. The highest BCUT2D eigenvalue weighted by Crippen LogP contribution is 2.17. The molecule has 0 saturated carbocycles. The molecule has 17 heavy (non-hydrogen) atoms. The van der Waals surface area contributed by atoms with Gasteiger partial charge in [-0.2, -0.15) is 0 Å². The summed E-state index contributed by atoms with van der Waals surface area (Å²) in [7, 11) is 0. The van der Waals surface area contributed by atoms with Gasteiger partial charge in [0.1, 0.15) is 5.82 Å². The van der Waals surface area contributed by atoms with Crippen LogP contribution in [0.4, 0.5) is 13.2 Å². The van der Waals surface area contributed by atoms with Crippen LogP contribution in [-0.2, 0) is 4.79 Å². The molecule has 0 spiro atoms. The molecule has 5 heteroatoms. The second-order valence-corrected chi connectivity index (χ2v) is 4.56. The van der Waals surface area contributed by atoms with E-state index in [2.05, 4.69) is 0 Å². The summed E-state index contributed by atoms with van der Waals surface area (Å²) in [5, 5.41) is -0.0125. The summed E-state index contributed by atoms with van der Waals surface area (Å²) in [6.07, 6.45) is 3.19. The zero-order valence-electron chi connectivity index (χ0n) is 9.17. The van der Waals surface area contributed by atoms with Gasteiger partial charge in [-0.15, -0.1) is 0 Å². The van der Waals surface area contributed by atoms with E-state index in [9.17, 15) is 18.0 Å². The Morgan fingerprint density at radius 1 is 1.29 bits per heavy atom. The van der Waals surface area contributed by atoms with Crippen molar-refractivity contribution < 1.29 is 18.0 Å². The quantitative estimate of drug-likeness (QED) is 0.605. The number of hydrogen-bond acceptors (Lipinski definition) is 2. The minimum atomic E-state index is -1.19. The van der Waals surface area contributed by atoms with Gasteiger partial charge in [0.15, 0.2) is 16.7 Å². The summed E-state index contributed by atoms with van der Waals surface area (Å²) in [6.45, 7) is 1.44. The van der Waals surface area contributed by atoms with E-state index in [0.717, 1.165) is 23.9 Å². The Labute approximate surface area is 102 Å². The third-order valence-electron chi connectivity index (χ3n) is 1.95. The van der Waals surface area contributed by atoms with Gasteiger partial charge >= 0.3 is 0 Å². The standard InChI is InChI=1S/C12H11F3OS/c1-8(16)17-7-3-2-4-9-10(13)5-6-11(14)12(9)15/h2,4-6H,3,7H2,1H3. The van der Waals surface area contributed by atoms with Crippen LogP contribution >= 0.6 is 11.8 Å². The molecule has 1 aromatic rings.